The Morgan fingerprint density at radius 2 is 1.95 bits per heavy atom. The van der Waals surface area contributed by atoms with E-state index in [1.54, 1.807) is 12.1 Å². The highest BCUT2D eigenvalue weighted by Gasteiger charge is 2.16. The number of esters is 1. The van der Waals surface area contributed by atoms with E-state index in [0.29, 0.717) is 11.3 Å². The number of benzene rings is 2. The van der Waals surface area contributed by atoms with Crippen LogP contribution in [0.15, 0.2) is 46.9 Å². The summed E-state index contributed by atoms with van der Waals surface area (Å²) in [4.78, 5) is 12.1. The number of halogens is 1. The first-order chi connectivity index (χ1) is 9.61. The van der Waals surface area contributed by atoms with Crippen LogP contribution in [0.3, 0.4) is 0 Å². The number of carbonyl (C=O) groups is 1. The molecule has 0 heterocycles. The summed E-state index contributed by atoms with van der Waals surface area (Å²) >= 11 is 3.39. The summed E-state index contributed by atoms with van der Waals surface area (Å²) in [6, 6.07) is 13.0. The van der Waals surface area contributed by atoms with E-state index in [-0.39, 0.29) is 6.61 Å². The largest absolute Gasteiger partial charge is 0.496 e. The van der Waals surface area contributed by atoms with Crippen molar-refractivity contribution in [2.75, 3.05) is 7.11 Å². The van der Waals surface area contributed by atoms with Crippen molar-refractivity contribution >= 4 is 36.4 Å². The zero-order chi connectivity index (χ0) is 14.5. The third-order valence-electron chi connectivity index (χ3n) is 2.75. The van der Waals surface area contributed by atoms with E-state index < -0.39 is 5.97 Å². The van der Waals surface area contributed by atoms with Gasteiger partial charge in [0.05, 0.1) is 7.11 Å². The van der Waals surface area contributed by atoms with Gasteiger partial charge in [0, 0.05) is 4.47 Å². The molecule has 0 saturated carbocycles. The Hall–Kier alpha value is -1.38. The van der Waals surface area contributed by atoms with Crippen molar-refractivity contribution in [2.45, 2.75) is 6.61 Å². The van der Waals surface area contributed by atoms with Crippen LogP contribution < -0.4 is 10.0 Å². The van der Waals surface area contributed by atoms with Crippen LogP contribution in [0.5, 0.6) is 5.75 Å². The zero-order valence-electron chi connectivity index (χ0n) is 10.9. The molecular formula is C15H14BrO3P. The van der Waals surface area contributed by atoms with Gasteiger partial charge in [0.15, 0.2) is 0 Å². The molecule has 0 N–H and O–H groups in total. The van der Waals surface area contributed by atoms with E-state index in [4.69, 9.17) is 9.47 Å². The SMILES string of the molecule is COc1cc(P)c(Br)cc1C(=O)OCc1ccccc1. The van der Waals surface area contributed by atoms with Gasteiger partial charge in [0.1, 0.15) is 17.9 Å². The molecule has 3 nitrogen and oxygen atoms in total. The molecule has 5 heteroatoms. The Morgan fingerprint density at radius 1 is 1.25 bits per heavy atom. The van der Waals surface area contributed by atoms with Crippen molar-refractivity contribution in [3.63, 3.8) is 0 Å². The quantitative estimate of drug-likeness (QED) is 0.625. The van der Waals surface area contributed by atoms with Crippen molar-refractivity contribution in [3.8, 4) is 5.75 Å². The van der Waals surface area contributed by atoms with Crippen molar-refractivity contribution in [1.29, 1.82) is 0 Å². The topological polar surface area (TPSA) is 35.5 Å². The lowest BCUT2D eigenvalue weighted by atomic mass is 10.2. The van der Waals surface area contributed by atoms with Gasteiger partial charge in [-0.1, -0.05) is 46.3 Å². The van der Waals surface area contributed by atoms with Crippen molar-refractivity contribution in [3.05, 3.63) is 58.1 Å². The fourth-order valence-electron chi connectivity index (χ4n) is 1.70. The number of methoxy groups -OCH3 is 1. The number of rotatable bonds is 4. The first-order valence-corrected chi connectivity index (χ1v) is 7.33. The highest BCUT2D eigenvalue weighted by atomic mass is 79.9. The van der Waals surface area contributed by atoms with Gasteiger partial charge in [-0.05, 0) is 23.0 Å². The predicted octanol–water partition coefficient (Wildman–Crippen LogP) is 3.32. The molecule has 104 valence electrons. The maximum absolute atomic E-state index is 12.1. The molecule has 0 aliphatic heterocycles. The van der Waals surface area contributed by atoms with Crippen LogP contribution >= 0.6 is 25.2 Å². The minimum Gasteiger partial charge on any atom is -0.496 e. The van der Waals surface area contributed by atoms with Gasteiger partial charge >= 0.3 is 5.97 Å². The van der Waals surface area contributed by atoms with Crippen molar-refractivity contribution < 1.29 is 14.3 Å². The van der Waals surface area contributed by atoms with E-state index in [2.05, 4.69) is 25.2 Å². The number of hydrogen-bond acceptors (Lipinski definition) is 3. The summed E-state index contributed by atoms with van der Waals surface area (Å²) in [5.41, 5.74) is 1.35. The maximum Gasteiger partial charge on any atom is 0.342 e. The minimum atomic E-state index is -0.406. The first kappa shape index (κ1) is 15.0. The number of ether oxygens (including phenoxy) is 2. The molecule has 0 bridgehead atoms. The molecule has 0 aliphatic carbocycles. The van der Waals surface area contributed by atoms with E-state index in [0.717, 1.165) is 15.3 Å². The molecule has 0 radical (unpaired) electrons. The highest BCUT2D eigenvalue weighted by Crippen LogP contribution is 2.24. The molecule has 2 rings (SSSR count). The first-order valence-electron chi connectivity index (χ1n) is 5.96. The van der Waals surface area contributed by atoms with Gasteiger partial charge in [-0.15, -0.1) is 9.24 Å². The van der Waals surface area contributed by atoms with E-state index in [1.807, 2.05) is 30.3 Å². The van der Waals surface area contributed by atoms with Crippen molar-refractivity contribution in [1.82, 2.24) is 0 Å². The maximum atomic E-state index is 12.1. The normalized spacial score (nSPS) is 10.2. The van der Waals surface area contributed by atoms with Gasteiger partial charge in [0.25, 0.3) is 0 Å². The summed E-state index contributed by atoms with van der Waals surface area (Å²) in [7, 11) is 4.10. The Kier molecular flexibility index (Phi) is 5.16. The molecule has 0 fully saturated rings. The summed E-state index contributed by atoms with van der Waals surface area (Å²) in [6.07, 6.45) is 0. The molecule has 2 aromatic carbocycles. The molecule has 0 spiro atoms. The average Bonchev–Trinajstić information content (AvgIpc) is 2.48. The fourth-order valence-corrected chi connectivity index (χ4v) is 2.28. The third kappa shape index (κ3) is 3.59. The number of carbonyl (C=O) groups excluding carboxylic acids is 1. The zero-order valence-corrected chi connectivity index (χ0v) is 13.7. The molecular weight excluding hydrogens is 339 g/mol. The summed E-state index contributed by atoms with van der Waals surface area (Å²) in [5, 5.41) is 0.918. The Balaban J connectivity index is 2.15. The average molecular weight is 353 g/mol. The van der Waals surface area contributed by atoms with E-state index >= 15 is 0 Å². The molecule has 0 amide bonds. The number of hydrogen-bond donors (Lipinski definition) is 0. The molecule has 0 aliphatic rings. The lowest BCUT2D eigenvalue weighted by Crippen LogP contribution is -2.09. The second-order valence-electron chi connectivity index (χ2n) is 4.14. The second-order valence-corrected chi connectivity index (χ2v) is 5.61. The van der Waals surface area contributed by atoms with Crippen LogP contribution in [0.4, 0.5) is 0 Å². The molecule has 1 atom stereocenters. The Bertz CT molecular complexity index is 614. The van der Waals surface area contributed by atoms with Crippen LogP contribution in [0.1, 0.15) is 15.9 Å². The third-order valence-corrected chi connectivity index (χ3v) is 4.34. The van der Waals surface area contributed by atoms with Gasteiger partial charge in [-0.2, -0.15) is 0 Å². The molecule has 2 aromatic rings. The van der Waals surface area contributed by atoms with Crippen LogP contribution in [-0.4, -0.2) is 13.1 Å². The van der Waals surface area contributed by atoms with Crippen LogP contribution in [0.25, 0.3) is 0 Å². The molecule has 20 heavy (non-hydrogen) atoms. The predicted molar refractivity (Wildman–Crippen MR) is 85.6 cm³/mol. The van der Waals surface area contributed by atoms with Gasteiger partial charge in [0.2, 0.25) is 0 Å². The monoisotopic (exact) mass is 352 g/mol. The Morgan fingerprint density at radius 3 is 2.60 bits per heavy atom. The fraction of sp³-hybridized carbons (Fsp3) is 0.133. The van der Waals surface area contributed by atoms with Gasteiger partial charge in [-0.3, -0.25) is 0 Å². The van der Waals surface area contributed by atoms with Crippen molar-refractivity contribution in [2.24, 2.45) is 0 Å². The van der Waals surface area contributed by atoms with Crippen LogP contribution in [-0.2, 0) is 11.3 Å². The summed E-state index contributed by atoms with van der Waals surface area (Å²) < 4.78 is 11.3. The second kappa shape index (κ2) is 6.87. The van der Waals surface area contributed by atoms with E-state index in [9.17, 15) is 4.79 Å². The minimum absolute atomic E-state index is 0.239. The molecule has 0 saturated heterocycles. The molecule has 1 unspecified atom stereocenters. The highest BCUT2D eigenvalue weighted by molar-refractivity contribution is 9.10. The Labute approximate surface area is 128 Å². The van der Waals surface area contributed by atoms with Crippen LogP contribution in [0.2, 0.25) is 0 Å². The van der Waals surface area contributed by atoms with Crippen LogP contribution in [0, 0.1) is 0 Å². The smallest absolute Gasteiger partial charge is 0.342 e. The van der Waals surface area contributed by atoms with E-state index in [1.165, 1.54) is 7.11 Å². The molecule has 0 aromatic heterocycles. The lowest BCUT2D eigenvalue weighted by Gasteiger charge is -2.11. The standard InChI is InChI=1S/C15H14BrO3P/c1-18-13-8-14(20)12(16)7-11(13)15(17)19-9-10-5-3-2-4-6-10/h2-8H,9,20H2,1H3. The van der Waals surface area contributed by atoms with Gasteiger partial charge in [-0.25, -0.2) is 4.79 Å². The van der Waals surface area contributed by atoms with Gasteiger partial charge < -0.3 is 9.47 Å². The summed E-state index contributed by atoms with van der Waals surface area (Å²) in [6.45, 7) is 0.239. The summed E-state index contributed by atoms with van der Waals surface area (Å²) in [5.74, 6) is 0.0904. The lowest BCUT2D eigenvalue weighted by molar-refractivity contribution is 0.0469.